The second-order valence-electron chi connectivity index (χ2n) is 6.69. The van der Waals surface area contributed by atoms with Crippen LogP contribution in [0, 0.1) is 6.92 Å². The zero-order chi connectivity index (χ0) is 20.8. The van der Waals surface area contributed by atoms with E-state index in [1.54, 1.807) is 31.3 Å². The van der Waals surface area contributed by atoms with Gasteiger partial charge < -0.3 is 11.1 Å². The van der Waals surface area contributed by atoms with Crippen LogP contribution in [0.2, 0.25) is 5.02 Å². The molecule has 0 fully saturated rings. The molecule has 2 aromatic heterocycles. The van der Waals surface area contributed by atoms with Crippen molar-refractivity contribution in [1.82, 2.24) is 8.96 Å². The summed E-state index contributed by atoms with van der Waals surface area (Å²) in [6.07, 6.45) is 2.86. The van der Waals surface area contributed by atoms with Crippen molar-refractivity contribution in [2.45, 2.75) is 11.8 Å². The molecule has 0 saturated heterocycles. The maximum absolute atomic E-state index is 13.7. The molecule has 0 aliphatic heterocycles. The topological polar surface area (TPSA) is 90.0 Å². The molecule has 156 valence electrons. The quantitative estimate of drug-likeness (QED) is 0.418. The minimum absolute atomic E-state index is 0. The number of aromatic nitrogens is 2. The number of rotatable bonds is 4. The molecule has 0 radical (unpaired) electrons. The molecule has 0 atom stereocenters. The Balaban J connectivity index is 0.00000256. The molecular formula is C21H20Cl2N4O2S. The second kappa shape index (κ2) is 8.18. The van der Waals surface area contributed by atoms with Crippen molar-refractivity contribution in [1.29, 1.82) is 0 Å². The van der Waals surface area contributed by atoms with E-state index in [-0.39, 0.29) is 17.3 Å². The van der Waals surface area contributed by atoms with Crippen LogP contribution in [-0.2, 0) is 10.0 Å². The van der Waals surface area contributed by atoms with E-state index in [0.717, 1.165) is 10.9 Å². The van der Waals surface area contributed by atoms with E-state index >= 15 is 0 Å². The normalized spacial score (nSPS) is 11.3. The zero-order valence-electron chi connectivity index (χ0n) is 16.3. The average molecular weight is 463 g/mol. The van der Waals surface area contributed by atoms with Gasteiger partial charge in [-0.2, -0.15) is 0 Å². The van der Waals surface area contributed by atoms with Gasteiger partial charge in [-0.3, -0.25) is 4.98 Å². The maximum atomic E-state index is 13.7. The lowest BCUT2D eigenvalue weighted by atomic mass is 10.1. The first-order chi connectivity index (χ1) is 13.8. The predicted octanol–water partition coefficient (Wildman–Crippen LogP) is 4.95. The Bertz CT molecular complexity index is 1340. The lowest BCUT2D eigenvalue weighted by Gasteiger charge is -2.14. The van der Waals surface area contributed by atoms with Crippen LogP contribution in [0.1, 0.15) is 5.56 Å². The van der Waals surface area contributed by atoms with Crippen molar-refractivity contribution < 1.29 is 8.42 Å². The molecule has 0 bridgehead atoms. The third-order valence-corrected chi connectivity index (χ3v) is 6.76. The monoisotopic (exact) mass is 462 g/mol. The number of nitrogen functional groups attached to an aromatic ring is 1. The summed E-state index contributed by atoms with van der Waals surface area (Å²) in [5.74, 6) is 0. The van der Waals surface area contributed by atoms with E-state index in [9.17, 15) is 8.42 Å². The standard InChI is InChI=1S/C21H19ClN4O2S.ClH/c1-13-5-7-16(18(22)10-13)21-20(24-2)17-8-6-14(23)11-19(17)26(21)29(27,28)15-4-3-9-25-12-15;/h3-12,24H,23H2,1-2H3;1H. The van der Waals surface area contributed by atoms with Gasteiger partial charge in [0.1, 0.15) is 4.90 Å². The van der Waals surface area contributed by atoms with E-state index in [4.69, 9.17) is 17.3 Å². The first kappa shape index (κ1) is 22.0. The predicted molar refractivity (Wildman–Crippen MR) is 125 cm³/mol. The van der Waals surface area contributed by atoms with Gasteiger partial charge in [0.25, 0.3) is 10.0 Å². The number of nitrogens with zero attached hydrogens (tertiary/aromatic N) is 2. The van der Waals surface area contributed by atoms with Crippen molar-refractivity contribution in [3.63, 3.8) is 0 Å². The fourth-order valence-corrected chi connectivity index (χ4v) is 5.26. The van der Waals surface area contributed by atoms with Gasteiger partial charge in [-0.05, 0) is 48.9 Å². The molecule has 4 rings (SSSR count). The van der Waals surface area contributed by atoms with Crippen molar-refractivity contribution in [2.75, 3.05) is 18.1 Å². The molecule has 3 N–H and O–H groups in total. The van der Waals surface area contributed by atoms with Gasteiger partial charge in [0.2, 0.25) is 0 Å². The third-order valence-electron chi connectivity index (χ3n) is 4.75. The molecule has 0 unspecified atom stereocenters. The van der Waals surface area contributed by atoms with Gasteiger partial charge >= 0.3 is 0 Å². The first-order valence-corrected chi connectivity index (χ1v) is 10.7. The van der Waals surface area contributed by atoms with E-state index in [2.05, 4.69) is 10.3 Å². The summed E-state index contributed by atoms with van der Waals surface area (Å²) < 4.78 is 28.6. The number of benzene rings is 2. The van der Waals surface area contributed by atoms with Gasteiger partial charge in [-0.25, -0.2) is 12.4 Å². The summed E-state index contributed by atoms with van der Waals surface area (Å²) in [4.78, 5) is 4.05. The summed E-state index contributed by atoms with van der Waals surface area (Å²) in [6.45, 7) is 1.93. The zero-order valence-corrected chi connectivity index (χ0v) is 18.6. The molecule has 4 aromatic rings. The van der Waals surface area contributed by atoms with Crippen molar-refractivity contribution in [2.24, 2.45) is 0 Å². The number of nitrogens with one attached hydrogen (secondary N) is 1. The summed E-state index contributed by atoms with van der Waals surface area (Å²) in [7, 11) is -2.23. The number of hydrogen-bond donors (Lipinski definition) is 2. The average Bonchev–Trinajstić information content (AvgIpc) is 3.02. The molecule has 0 aliphatic carbocycles. The molecule has 6 nitrogen and oxygen atoms in total. The number of fused-ring (bicyclic) bond motifs is 1. The lowest BCUT2D eigenvalue weighted by Crippen LogP contribution is -2.15. The Kier molecular flexibility index (Phi) is 5.99. The van der Waals surface area contributed by atoms with Gasteiger partial charge in [0.05, 0.1) is 21.9 Å². The second-order valence-corrected chi connectivity index (χ2v) is 8.89. The molecule has 0 saturated carbocycles. The van der Waals surface area contributed by atoms with Gasteiger partial charge in [0.15, 0.2) is 0 Å². The van der Waals surface area contributed by atoms with Crippen LogP contribution in [-0.4, -0.2) is 24.4 Å². The van der Waals surface area contributed by atoms with Gasteiger partial charge in [-0.15, -0.1) is 12.4 Å². The van der Waals surface area contributed by atoms with E-state index in [1.165, 1.54) is 22.4 Å². The maximum Gasteiger partial charge on any atom is 0.270 e. The number of hydrogen-bond acceptors (Lipinski definition) is 5. The molecule has 9 heteroatoms. The minimum Gasteiger partial charge on any atom is -0.399 e. The smallest absolute Gasteiger partial charge is 0.270 e. The Hall–Kier alpha value is -2.74. The molecule has 0 amide bonds. The Labute approximate surface area is 186 Å². The van der Waals surface area contributed by atoms with Crippen molar-refractivity contribution in [3.8, 4) is 11.3 Å². The van der Waals surface area contributed by atoms with E-state index < -0.39 is 10.0 Å². The number of anilines is 2. The molecule has 30 heavy (non-hydrogen) atoms. The number of nitrogens with two attached hydrogens (primary N) is 1. The van der Waals surface area contributed by atoms with Crippen LogP contribution < -0.4 is 11.1 Å². The van der Waals surface area contributed by atoms with E-state index in [0.29, 0.717) is 33.2 Å². The molecule has 0 aliphatic rings. The van der Waals surface area contributed by atoms with Gasteiger partial charge in [0, 0.05) is 36.1 Å². The van der Waals surface area contributed by atoms with Crippen LogP contribution in [0.5, 0.6) is 0 Å². The highest BCUT2D eigenvalue weighted by Crippen LogP contribution is 2.43. The first-order valence-electron chi connectivity index (χ1n) is 8.88. The fraction of sp³-hybridized carbons (Fsp3) is 0.0952. The molecule has 0 spiro atoms. The highest BCUT2D eigenvalue weighted by atomic mass is 35.5. The Morgan fingerprint density at radius 1 is 1.13 bits per heavy atom. The summed E-state index contributed by atoms with van der Waals surface area (Å²) in [6, 6.07) is 13.8. The Morgan fingerprint density at radius 2 is 1.90 bits per heavy atom. The number of aryl methyl sites for hydroxylation is 1. The van der Waals surface area contributed by atoms with Crippen LogP contribution in [0.25, 0.3) is 22.2 Å². The summed E-state index contributed by atoms with van der Waals surface area (Å²) >= 11 is 6.55. The fourth-order valence-electron chi connectivity index (χ4n) is 3.44. The molecule has 2 heterocycles. The number of pyridine rings is 1. The largest absolute Gasteiger partial charge is 0.399 e. The van der Waals surface area contributed by atoms with Crippen LogP contribution >= 0.6 is 24.0 Å². The SMILES string of the molecule is CNc1c(-c2ccc(C)cc2Cl)n(S(=O)(=O)c2cccnc2)c2cc(N)ccc12.Cl. The van der Waals surface area contributed by atoms with Crippen molar-refractivity contribution >= 4 is 56.3 Å². The third kappa shape index (κ3) is 3.49. The molecule has 2 aromatic carbocycles. The minimum atomic E-state index is -3.98. The van der Waals surface area contributed by atoms with Crippen molar-refractivity contribution in [3.05, 3.63) is 71.5 Å². The highest BCUT2D eigenvalue weighted by molar-refractivity contribution is 7.90. The van der Waals surface area contributed by atoms with Gasteiger partial charge in [-0.1, -0.05) is 23.7 Å². The molecular weight excluding hydrogens is 443 g/mol. The lowest BCUT2D eigenvalue weighted by molar-refractivity contribution is 0.589. The van der Waals surface area contributed by atoms with Crippen LogP contribution in [0.3, 0.4) is 0 Å². The summed E-state index contributed by atoms with van der Waals surface area (Å²) in [5, 5.41) is 4.32. The van der Waals surface area contributed by atoms with E-state index in [1.807, 2.05) is 25.1 Å². The number of halogens is 2. The van der Waals surface area contributed by atoms with Crippen LogP contribution in [0.15, 0.2) is 65.8 Å². The summed E-state index contributed by atoms with van der Waals surface area (Å²) in [5.41, 5.74) is 9.60. The highest BCUT2D eigenvalue weighted by Gasteiger charge is 2.29. The van der Waals surface area contributed by atoms with Crippen LogP contribution in [0.4, 0.5) is 11.4 Å². The Morgan fingerprint density at radius 3 is 2.53 bits per heavy atom.